The van der Waals surface area contributed by atoms with Crippen molar-refractivity contribution in [1.29, 1.82) is 0 Å². The van der Waals surface area contributed by atoms with E-state index in [1.54, 1.807) is 0 Å². The smallest absolute Gasteiger partial charge is 0.0441 e. The van der Waals surface area contributed by atoms with Crippen LogP contribution in [-0.4, -0.2) is 0 Å². The van der Waals surface area contributed by atoms with E-state index in [1.165, 1.54) is 105 Å². The van der Waals surface area contributed by atoms with Crippen molar-refractivity contribution in [3.05, 3.63) is 257 Å². The summed E-state index contributed by atoms with van der Waals surface area (Å²) in [7, 11) is 0. The van der Waals surface area contributed by atoms with Gasteiger partial charge < -0.3 is 0 Å². The van der Waals surface area contributed by atoms with Crippen molar-refractivity contribution in [3.63, 3.8) is 0 Å². The van der Waals surface area contributed by atoms with Gasteiger partial charge in [-0.1, -0.05) is 212 Å². The molecular formula is C62H52. The second kappa shape index (κ2) is 17.4. The molecule has 0 N–H and O–H groups in total. The van der Waals surface area contributed by atoms with E-state index in [4.69, 9.17) is 0 Å². The van der Waals surface area contributed by atoms with Gasteiger partial charge in [0.2, 0.25) is 0 Å². The van der Waals surface area contributed by atoms with Crippen LogP contribution in [0.15, 0.2) is 218 Å². The van der Waals surface area contributed by atoms with Gasteiger partial charge in [0.25, 0.3) is 0 Å². The van der Waals surface area contributed by atoms with Crippen LogP contribution in [0.2, 0.25) is 0 Å². The lowest BCUT2D eigenvalue weighted by Gasteiger charge is -2.31. The number of benzene rings is 9. The third kappa shape index (κ3) is 7.66. The fourth-order valence-electron chi connectivity index (χ4n) is 9.43. The SMILES string of the molecule is C/C=C/C=C\C=C/c1ccc(C)c(-c2cc(-c3ccc(C4(C)c5ccccc5-c5ccccc54)c(-c4cccc5ccccc45)c3)ccc2C)c1.Cc1ccc2ccccc2c1. The van der Waals surface area contributed by atoms with Crippen LogP contribution < -0.4 is 0 Å². The van der Waals surface area contributed by atoms with Crippen LogP contribution in [0.1, 0.15) is 52.8 Å². The first-order valence-corrected chi connectivity index (χ1v) is 21.8. The van der Waals surface area contributed by atoms with Crippen LogP contribution in [0.25, 0.3) is 72.1 Å². The molecule has 0 atom stereocenters. The quantitative estimate of drug-likeness (QED) is 0.141. The van der Waals surface area contributed by atoms with E-state index >= 15 is 0 Å². The summed E-state index contributed by atoms with van der Waals surface area (Å²) in [5.74, 6) is 0. The molecule has 0 fully saturated rings. The van der Waals surface area contributed by atoms with Crippen molar-refractivity contribution in [2.75, 3.05) is 0 Å². The van der Waals surface area contributed by atoms with Crippen LogP contribution in [-0.2, 0) is 5.41 Å². The second-order valence-electron chi connectivity index (χ2n) is 16.7. The first kappa shape index (κ1) is 40.1. The molecule has 1 aliphatic carbocycles. The highest BCUT2D eigenvalue weighted by Crippen LogP contribution is 2.55. The molecule has 0 aliphatic heterocycles. The van der Waals surface area contributed by atoms with Gasteiger partial charge in [-0.15, -0.1) is 0 Å². The van der Waals surface area contributed by atoms with Gasteiger partial charge in [-0.2, -0.15) is 0 Å². The zero-order valence-corrected chi connectivity index (χ0v) is 36.4. The number of hydrogen-bond acceptors (Lipinski definition) is 0. The minimum absolute atomic E-state index is 0.316. The summed E-state index contributed by atoms with van der Waals surface area (Å²) in [4.78, 5) is 0. The molecule has 0 saturated heterocycles. The number of fused-ring (bicyclic) bond motifs is 5. The Kier molecular flexibility index (Phi) is 11.2. The van der Waals surface area contributed by atoms with Gasteiger partial charge in [0, 0.05) is 5.41 Å². The number of rotatable bonds is 7. The summed E-state index contributed by atoms with van der Waals surface area (Å²) in [6.45, 7) is 11.0. The van der Waals surface area contributed by atoms with Gasteiger partial charge in [-0.05, 0) is 152 Å². The van der Waals surface area contributed by atoms with E-state index in [2.05, 4.69) is 240 Å². The standard InChI is InChI=1S/C51H42.C11H10/c1-5-6-7-8-9-17-37-28-26-35(2)45(32-37)46-33-39(29-27-36(46)3)40-30-31-50(47(34-40)42-23-16-19-38-18-10-11-20-41(38)42)51(4)48-24-14-12-21-43(48)44-22-13-15-25-49(44)51;1-9-6-7-10-4-2-3-5-11(10)8-9/h5-34H,1-4H3;2-8H,1H3/b6-5+,8-7-,17-9-;. The topological polar surface area (TPSA) is 0 Å². The molecule has 0 saturated carbocycles. The van der Waals surface area contributed by atoms with E-state index in [1.807, 2.05) is 19.1 Å². The van der Waals surface area contributed by atoms with Crippen LogP contribution in [0.5, 0.6) is 0 Å². The van der Waals surface area contributed by atoms with Gasteiger partial charge in [-0.3, -0.25) is 0 Å². The third-order valence-electron chi connectivity index (χ3n) is 12.7. The summed E-state index contributed by atoms with van der Waals surface area (Å²) >= 11 is 0. The Morgan fingerprint density at radius 1 is 0.371 bits per heavy atom. The Morgan fingerprint density at radius 3 is 1.66 bits per heavy atom. The molecule has 0 amide bonds. The normalized spacial score (nSPS) is 12.9. The summed E-state index contributed by atoms with van der Waals surface area (Å²) in [6.07, 6.45) is 12.5. The molecule has 300 valence electrons. The molecule has 9 aromatic carbocycles. The number of aryl methyl sites for hydroxylation is 3. The monoisotopic (exact) mass is 796 g/mol. The van der Waals surface area contributed by atoms with E-state index in [-0.39, 0.29) is 5.41 Å². The van der Waals surface area contributed by atoms with Crippen molar-refractivity contribution in [2.45, 2.75) is 40.0 Å². The minimum atomic E-state index is -0.316. The van der Waals surface area contributed by atoms with Crippen molar-refractivity contribution < 1.29 is 0 Å². The summed E-state index contributed by atoms with van der Waals surface area (Å²) in [5.41, 5.74) is 19.0. The molecule has 62 heavy (non-hydrogen) atoms. The van der Waals surface area contributed by atoms with Gasteiger partial charge >= 0.3 is 0 Å². The van der Waals surface area contributed by atoms with E-state index in [9.17, 15) is 0 Å². The Morgan fingerprint density at radius 2 is 0.919 bits per heavy atom. The summed E-state index contributed by atoms with van der Waals surface area (Å²) < 4.78 is 0. The van der Waals surface area contributed by atoms with Crippen LogP contribution >= 0.6 is 0 Å². The maximum atomic E-state index is 2.45. The van der Waals surface area contributed by atoms with E-state index < -0.39 is 0 Å². The predicted octanol–water partition coefficient (Wildman–Crippen LogP) is 17.1. The molecule has 0 heterocycles. The highest BCUT2D eigenvalue weighted by molar-refractivity contribution is 5.99. The van der Waals surface area contributed by atoms with E-state index in [0.717, 1.165) is 0 Å². The Balaban J connectivity index is 0.000000386. The van der Waals surface area contributed by atoms with Gasteiger partial charge in [0.15, 0.2) is 0 Å². The summed E-state index contributed by atoms with van der Waals surface area (Å²) in [5, 5.41) is 5.17. The maximum Gasteiger partial charge on any atom is 0.0441 e. The largest absolute Gasteiger partial charge is 0.0877 e. The molecule has 0 unspecified atom stereocenters. The fraction of sp³-hybridized carbons (Fsp3) is 0.0968. The van der Waals surface area contributed by atoms with E-state index in [0.29, 0.717) is 0 Å². The predicted molar refractivity (Wildman–Crippen MR) is 269 cm³/mol. The van der Waals surface area contributed by atoms with Crippen LogP contribution in [0.4, 0.5) is 0 Å². The van der Waals surface area contributed by atoms with Gasteiger partial charge in [0.1, 0.15) is 0 Å². The van der Waals surface area contributed by atoms with Gasteiger partial charge in [-0.25, -0.2) is 0 Å². The Hall–Kier alpha value is -7.28. The fourth-order valence-corrected chi connectivity index (χ4v) is 9.43. The van der Waals surface area contributed by atoms with Crippen LogP contribution in [0.3, 0.4) is 0 Å². The Bertz CT molecular complexity index is 3130. The molecule has 0 nitrogen and oxygen atoms in total. The highest BCUT2D eigenvalue weighted by Gasteiger charge is 2.42. The first-order chi connectivity index (χ1) is 30.3. The lowest BCUT2D eigenvalue weighted by molar-refractivity contribution is 0.716. The molecule has 0 aromatic heterocycles. The average molecular weight is 797 g/mol. The Labute approximate surface area is 367 Å². The number of hydrogen-bond donors (Lipinski definition) is 0. The zero-order valence-electron chi connectivity index (χ0n) is 36.4. The molecule has 0 heteroatoms. The third-order valence-corrected chi connectivity index (χ3v) is 12.7. The minimum Gasteiger partial charge on any atom is -0.0877 e. The lowest BCUT2D eigenvalue weighted by atomic mass is 9.71. The zero-order chi connectivity index (χ0) is 42.6. The van der Waals surface area contributed by atoms with Crippen molar-refractivity contribution in [1.82, 2.24) is 0 Å². The van der Waals surface area contributed by atoms with Crippen molar-refractivity contribution >= 4 is 27.6 Å². The molecule has 0 spiro atoms. The lowest BCUT2D eigenvalue weighted by Crippen LogP contribution is -2.23. The summed E-state index contributed by atoms with van der Waals surface area (Å²) in [6, 6.07) is 69.3. The molecule has 1 aliphatic rings. The molecule has 0 bridgehead atoms. The molecule has 10 rings (SSSR count). The first-order valence-electron chi connectivity index (χ1n) is 21.8. The maximum absolute atomic E-state index is 2.45. The van der Waals surface area contributed by atoms with Crippen LogP contribution in [0, 0.1) is 20.8 Å². The van der Waals surface area contributed by atoms with Crippen molar-refractivity contribution in [2.24, 2.45) is 0 Å². The highest BCUT2D eigenvalue weighted by atomic mass is 14.4. The average Bonchev–Trinajstić information content (AvgIpc) is 3.57. The van der Waals surface area contributed by atoms with Crippen molar-refractivity contribution in [3.8, 4) is 44.5 Å². The number of allylic oxidation sites excluding steroid dienone is 5. The van der Waals surface area contributed by atoms with Gasteiger partial charge in [0.05, 0.1) is 0 Å². The molecule has 0 radical (unpaired) electrons. The molecule has 9 aromatic rings. The molecular weight excluding hydrogens is 745 g/mol. The second-order valence-corrected chi connectivity index (χ2v) is 16.7.